The summed E-state index contributed by atoms with van der Waals surface area (Å²) in [7, 11) is -7.91. The normalized spacial score (nSPS) is 27.7. The monoisotopic (exact) mass is 559 g/mol. The van der Waals surface area contributed by atoms with Gasteiger partial charge in [0.05, 0.1) is 16.9 Å². The molecular formula is C26H26FN3O6S2. The van der Waals surface area contributed by atoms with Crippen LogP contribution in [-0.2, 0) is 37.8 Å². The number of halogens is 1. The van der Waals surface area contributed by atoms with Crippen molar-refractivity contribution in [2.75, 3.05) is 11.0 Å². The van der Waals surface area contributed by atoms with E-state index in [1.54, 1.807) is 17.0 Å². The zero-order chi connectivity index (χ0) is 27.0. The van der Waals surface area contributed by atoms with Crippen LogP contribution in [0.5, 0.6) is 0 Å². The third-order valence-electron chi connectivity index (χ3n) is 8.07. The topological polar surface area (TPSA) is 133 Å². The van der Waals surface area contributed by atoms with Crippen molar-refractivity contribution in [1.29, 1.82) is 0 Å². The summed E-state index contributed by atoms with van der Waals surface area (Å²) < 4.78 is 69.3. The molecule has 2 aliphatic carbocycles. The lowest BCUT2D eigenvalue weighted by molar-refractivity contribution is -0.134. The molecule has 4 atom stereocenters. The number of sulfonamides is 2. The number of aliphatic hydroxyl groups is 1. The number of amides is 1. The van der Waals surface area contributed by atoms with Gasteiger partial charge in [0.1, 0.15) is 17.1 Å². The number of benzene rings is 2. The van der Waals surface area contributed by atoms with E-state index < -0.39 is 26.0 Å². The molecular weight excluding hydrogens is 533 g/mol. The minimum atomic E-state index is -4.28. The Kier molecular flexibility index (Phi) is 5.69. The Bertz CT molecular complexity index is 1630. The molecule has 2 N–H and O–H groups in total. The van der Waals surface area contributed by atoms with E-state index >= 15 is 0 Å². The Morgan fingerprint density at radius 1 is 1.13 bits per heavy atom. The molecule has 0 saturated heterocycles. The van der Waals surface area contributed by atoms with Crippen molar-refractivity contribution in [3.63, 3.8) is 0 Å². The van der Waals surface area contributed by atoms with E-state index in [0.29, 0.717) is 5.56 Å². The van der Waals surface area contributed by atoms with E-state index in [-0.39, 0.29) is 70.2 Å². The molecule has 2 heterocycles. The van der Waals surface area contributed by atoms with Crippen molar-refractivity contribution in [2.24, 2.45) is 22.2 Å². The van der Waals surface area contributed by atoms with E-state index in [0.717, 1.165) is 31.1 Å². The largest absolute Gasteiger partial charge is 0.511 e. The third kappa shape index (κ3) is 4.19. The second-order valence-electron chi connectivity index (χ2n) is 10.6. The van der Waals surface area contributed by atoms with Crippen LogP contribution in [0.2, 0.25) is 0 Å². The fourth-order valence-corrected chi connectivity index (χ4v) is 8.49. The number of carbonyl (C=O) groups excluding carboxylic acids is 1. The Labute approximate surface area is 220 Å². The Hall–Kier alpha value is -3.25. The number of anilines is 1. The number of carbonyl (C=O) groups is 1. The van der Waals surface area contributed by atoms with Crippen LogP contribution in [-0.4, -0.2) is 50.8 Å². The average Bonchev–Trinajstić information content (AvgIpc) is 3.45. The fraction of sp³-hybridized carbons (Fsp3) is 0.385. The Balaban J connectivity index is 1.41. The number of nitrogens with one attached hydrogen (secondary N) is 1. The van der Waals surface area contributed by atoms with Gasteiger partial charge in [-0.05, 0) is 66.5 Å². The van der Waals surface area contributed by atoms with E-state index in [9.17, 15) is 31.1 Å². The number of rotatable bonds is 5. The SMILES string of the molecule is CS(=O)(=O)Nc1ccc2c(c1)S(=O)(=O)N=C(C1=C(O)[C@@H]3[C@H]4CC[C@H](C4)[C@@H]3N(Cc3ccc(F)cc3)C1=O)C2. The second-order valence-corrected chi connectivity index (χ2v) is 13.9. The lowest BCUT2D eigenvalue weighted by Gasteiger charge is -2.44. The highest BCUT2D eigenvalue weighted by Crippen LogP contribution is 2.55. The predicted octanol–water partition coefficient (Wildman–Crippen LogP) is 3.15. The molecule has 200 valence electrons. The number of nitrogens with zero attached hydrogens (tertiary/aromatic N) is 2. The summed E-state index contributed by atoms with van der Waals surface area (Å²) in [6.45, 7) is 0.206. The minimum Gasteiger partial charge on any atom is -0.511 e. The summed E-state index contributed by atoms with van der Waals surface area (Å²) in [4.78, 5) is 15.5. The maximum atomic E-state index is 13.9. The van der Waals surface area contributed by atoms with Crippen LogP contribution in [0.15, 0.2) is 63.1 Å². The highest BCUT2D eigenvalue weighted by molar-refractivity contribution is 7.92. The molecule has 2 saturated carbocycles. The molecule has 2 fully saturated rings. The highest BCUT2D eigenvalue weighted by atomic mass is 32.2. The van der Waals surface area contributed by atoms with Crippen molar-refractivity contribution in [1.82, 2.24) is 4.90 Å². The Morgan fingerprint density at radius 2 is 1.84 bits per heavy atom. The van der Waals surface area contributed by atoms with Crippen LogP contribution in [0.3, 0.4) is 0 Å². The van der Waals surface area contributed by atoms with E-state index in [4.69, 9.17) is 0 Å². The molecule has 2 aliphatic heterocycles. The Morgan fingerprint density at radius 3 is 2.55 bits per heavy atom. The van der Waals surface area contributed by atoms with Gasteiger partial charge in [-0.3, -0.25) is 9.52 Å². The molecule has 0 spiro atoms. The summed E-state index contributed by atoms with van der Waals surface area (Å²) in [5, 5.41) is 11.4. The first-order valence-electron chi connectivity index (χ1n) is 12.3. The minimum absolute atomic E-state index is 0.0191. The van der Waals surface area contributed by atoms with Gasteiger partial charge in [0.2, 0.25) is 10.0 Å². The average molecular weight is 560 g/mol. The molecule has 9 nitrogen and oxygen atoms in total. The van der Waals surface area contributed by atoms with Gasteiger partial charge in [-0.1, -0.05) is 18.2 Å². The number of hydrogen-bond donors (Lipinski definition) is 2. The van der Waals surface area contributed by atoms with Gasteiger partial charge in [0, 0.05) is 30.6 Å². The van der Waals surface area contributed by atoms with Crippen LogP contribution >= 0.6 is 0 Å². The first-order chi connectivity index (χ1) is 17.9. The van der Waals surface area contributed by atoms with Crippen LogP contribution < -0.4 is 4.72 Å². The smallest absolute Gasteiger partial charge is 0.282 e. The van der Waals surface area contributed by atoms with Crippen molar-refractivity contribution in [3.05, 3.63) is 70.7 Å². The van der Waals surface area contributed by atoms with Crippen LogP contribution in [0.1, 0.15) is 30.4 Å². The fourth-order valence-electron chi connectivity index (χ4n) is 6.64. The molecule has 12 heteroatoms. The van der Waals surface area contributed by atoms with Gasteiger partial charge in [-0.2, -0.15) is 12.8 Å². The molecule has 0 aromatic heterocycles. The predicted molar refractivity (Wildman–Crippen MR) is 138 cm³/mol. The molecule has 1 amide bonds. The van der Waals surface area contributed by atoms with Crippen LogP contribution in [0.25, 0.3) is 0 Å². The molecule has 0 radical (unpaired) electrons. The molecule has 6 rings (SSSR count). The van der Waals surface area contributed by atoms with Crippen LogP contribution in [0, 0.1) is 23.6 Å². The van der Waals surface area contributed by atoms with Crippen LogP contribution in [0.4, 0.5) is 10.1 Å². The number of aliphatic hydroxyl groups excluding tert-OH is 1. The standard InChI is InChI=1S/C26H26FN3O6S2/c1-37(33,34)28-19-9-6-15-11-20(29-38(35,36)21(15)12-19)23-25(31)22-16-4-5-17(10-16)24(22)30(26(23)32)13-14-2-7-18(27)8-3-14/h2-3,6-9,12,16-17,22,24,28,31H,4-5,10-11,13H2,1H3/t16-,17+,22+,24-/m0/s1. The van der Waals surface area contributed by atoms with E-state index in [1.807, 2.05) is 0 Å². The number of fused-ring (bicyclic) bond motifs is 6. The highest BCUT2D eigenvalue weighted by Gasteiger charge is 2.57. The first kappa shape index (κ1) is 25.1. The first-order valence-corrected chi connectivity index (χ1v) is 15.7. The lowest BCUT2D eigenvalue weighted by Crippen LogP contribution is -2.53. The van der Waals surface area contributed by atoms with Gasteiger partial charge in [0.25, 0.3) is 15.9 Å². The van der Waals surface area contributed by atoms with Crippen molar-refractivity contribution in [3.8, 4) is 0 Å². The summed E-state index contributed by atoms with van der Waals surface area (Å²) in [6.07, 6.45) is 3.69. The van der Waals surface area contributed by atoms with Gasteiger partial charge in [-0.15, -0.1) is 0 Å². The van der Waals surface area contributed by atoms with Crippen molar-refractivity contribution < 1.29 is 31.1 Å². The molecule has 2 aromatic carbocycles. The molecule has 2 bridgehead atoms. The zero-order valence-corrected chi connectivity index (χ0v) is 22.1. The van der Waals surface area contributed by atoms with Gasteiger partial charge < -0.3 is 10.0 Å². The molecule has 0 unspecified atom stereocenters. The van der Waals surface area contributed by atoms with Crippen molar-refractivity contribution >= 4 is 37.4 Å². The lowest BCUT2D eigenvalue weighted by atomic mass is 9.77. The van der Waals surface area contributed by atoms with Gasteiger partial charge in [-0.25, -0.2) is 12.8 Å². The maximum Gasteiger partial charge on any atom is 0.282 e. The van der Waals surface area contributed by atoms with Crippen molar-refractivity contribution in [2.45, 2.75) is 43.2 Å². The van der Waals surface area contributed by atoms with E-state index in [2.05, 4.69) is 9.12 Å². The third-order valence-corrected chi connectivity index (χ3v) is 10.1. The molecule has 4 aliphatic rings. The maximum absolute atomic E-state index is 13.9. The second kappa shape index (κ2) is 8.63. The summed E-state index contributed by atoms with van der Waals surface area (Å²) in [5.74, 6) is -0.873. The van der Waals surface area contributed by atoms with Gasteiger partial charge >= 0.3 is 0 Å². The number of hydrogen-bond acceptors (Lipinski definition) is 6. The summed E-state index contributed by atoms with van der Waals surface area (Å²) in [6, 6.07) is 9.81. The van der Waals surface area contributed by atoms with E-state index in [1.165, 1.54) is 30.3 Å². The van der Waals surface area contributed by atoms with Gasteiger partial charge in [0.15, 0.2) is 0 Å². The quantitative estimate of drug-likeness (QED) is 0.578. The summed E-state index contributed by atoms with van der Waals surface area (Å²) >= 11 is 0. The summed E-state index contributed by atoms with van der Waals surface area (Å²) in [5.41, 5.74) is 1.04. The molecule has 38 heavy (non-hydrogen) atoms. The zero-order valence-electron chi connectivity index (χ0n) is 20.5. The molecule has 2 aromatic rings.